The molecule has 142 valence electrons. The van der Waals surface area contributed by atoms with Crippen LogP contribution in [0.1, 0.15) is 15.9 Å². The van der Waals surface area contributed by atoms with E-state index in [1.54, 1.807) is 18.2 Å². The van der Waals surface area contributed by atoms with E-state index in [1.165, 1.54) is 39.3 Å². The molecule has 2 aromatic carbocycles. The quantitative estimate of drug-likeness (QED) is 0.450. The maximum absolute atomic E-state index is 12.1. The van der Waals surface area contributed by atoms with Gasteiger partial charge in [-0.15, -0.1) is 0 Å². The van der Waals surface area contributed by atoms with Gasteiger partial charge in [-0.1, -0.05) is 6.07 Å². The second kappa shape index (κ2) is 8.65. The van der Waals surface area contributed by atoms with Gasteiger partial charge < -0.3 is 19.5 Å². The molecule has 0 saturated carbocycles. The summed E-state index contributed by atoms with van der Waals surface area (Å²) in [6.07, 6.45) is 0. The minimum Gasteiger partial charge on any atom is -0.493 e. The van der Waals surface area contributed by atoms with Crippen LogP contribution in [0.15, 0.2) is 36.4 Å². The zero-order valence-electron chi connectivity index (χ0n) is 15.0. The molecule has 9 heteroatoms. The Bertz CT molecular complexity index is 880. The third kappa shape index (κ3) is 4.72. The lowest BCUT2D eigenvalue weighted by Crippen LogP contribution is -2.21. The molecule has 9 nitrogen and oxygen atoms in total. The number of nitro groups is 1. The summed E-state index contributed by atoms with van der Waals surface area (Å²) < 4.78 is 15.2. The van der Waals surface area contributed by atoms with E-state index >= 15 is 0 Å². The molecule has 0 heterocycles. The van der Waals surface area contributed by atoms with Gasteiger partial charge in [0.25, 0.3) is 11.6 Å². The number of amides is 1. The van der Waals surface area contributed by atoms with E-state index in [4.69, 9.17) is 14.2 Å². The molecule has 0 unspecified atom stereocenters. The van der Waals surface area contributed by atoms with Gasteiger partial charge in [-0.2, -0.15) is 0 Å². The lowest BCUT2D eigenvalue weighted by atomic mass is 10.1. The second-order valence-electron chi connectivity index (χ2n) is 5.40. The van der Waals surface area contributed by atoms with Gasteiger partial charge >= 0.3 is 5.97 Å². The number of methoxy groups -OCH3 is 2. The van der Waals surface area contributed by atoms with Crippen molar-refractivity contribution in [2.75, 3.05) is 26.1 Å². The number of nitrogens with zero attached hydrogens (tertiary/aromatic N) is 1. The highest BCUT2D eigenvalue weighted by atomic mass is 16.6. The number of ether oxygens (including phenoxy) is 3. The Labute approximate surface area is 155 Å². The lowest BCUT2D eigenvalue weighted by molar-refractivity contribution is -0.385. The summed E-state index contributed by atoms with van der Waals surface area (Å²) in [4.78, 5) is 34.5. The molecule has 0 aliphatic heterocycles. The minimum atomic E-state index is -0.821. The van der Waals surface area contributed by atoms with E-state index in [0.29, 0.717) is 17.2 Å². The molecule has 0 aromatic heterocycles. The third-order valence-electron chi connectivity index (χ3n) is 3.72. The molecule has 0 aliphatic rings. The van der Waals surface area contributed by atoms with Crippen LogP contribution in [0.2, 0.25) is 0 Å². The molecule has 0 spiro atoms. The van der Waals surface area contributed by atoms with Crippen molar-refractivity contribution in [2.24, 2.45) is 0 Å². The molecule has 0 aliphatic carbocycles. The maximum Gasteiger partial charge on any atom is 0.339 e. The summed E-state index contributed by atoms with van der Waals surface area (Å²) in [6, 6.07) is 8.85. The Balaban J connectivity index is 2.01. The van der Waals surface area contributed by atoms with Gasteiger partial charge in [0, 0.05) is 23.4 Å². The van der Waals surface area contributed by atoms with Crippen LogP contribution in [-0.4, -0.2) is 37.6 Å². The van der Waals surface area contributed by atoms with Gasteiger partial charge in [0.1, 0.15) is 0 Å². The number of anilines is 1. The molecule has 0 atom stereocenters. The van der Waals surface area contributed by atoms with Crippen molar-refractivity contribution in [3.63, 3.8) is 0 Å². The van der Waals surface area contributed by atoms with Crippen LogP contribution in [0.25, 0.3) is 0 Å². The standard InChI is InChI=1S/C18H18N2O7/c1-11-13(5-4-6-14(11)20(23)24)18(22)27-10-17(21)19-12-7-8-15(25-2)16(9-12)26-3/h4-9H,10H2,1-3H3,(H,19,21). The van der Waals surface area contributed by atoms with E-state index in [9.17, 15) is 19.7 Å². The number of rotatable bonds is 7. The van der Waals surface area contributed by atoms with Gasteiger partial charge in [-0.25, -0.2) is 4.79 Å². The SMILES string of the molecule is COc1ccc(NC(=O)COC(=O)c2cccc([N+](=O)[O-])c2C)cc1OC. The van der Waals surface area contributed by atoms with Gasteiger partial charge in [-0.3, -0.25) is 14.9 Å². The Morgan fingerprint density at radius 3 is 2.44 bits per heavy atom. The summed E-state index contributed by atoms with van der Waals surface area (Å²) >= 11 is 0. The highest BCUT2D eigenvalue weighted by Crippen LogP contribution is 2.29. The highest BCUT2D eigenvalue weighted by Gasteiger charge is 2.19. The van der Waals surface area contributed by atoms with Crippen LogP contribution in [0.3, 0.4) is 0 Å². The minimum absolute atomic E-state index is 0.0307. The summed E-state index contributed by atoms with van der Waals surface area (Å²) in [7, 11) is 2.96. The van der Waals surface area contributed by atoms with Crippen molar-refractivity contribution < 1.29 is 28.7 Å². The number of hydrogen-bond donors (Lipinski definition) is 1. The molecule has 0 radical (unpaired) electrons. The van der Waals surface area contributed by atoms with E-state index in [1.807, 2.05) is 0 Å². The Kier molecular flexibility index (Phi) is 6.32. The maximum atomic E-state index is 12.1. The zero-order valence-corrected chi connectivity index (χ0v) is 15.0. The fraction of sp³-hybridized carbons (Fsp3) is 0.222. The average Bonchev–Trinajstić information content (AvgIpc) is 2.65. The molecule has 1 N–H and O–H groups in total. The van der Waals surface area contributed by atoms with Crippen LogP contribution in [0.4, 0.5) is 11.4 Å². The van der Waals surface area contributed by atoms with Crippen molar-refractivity contribution in [1.29, 1.82) is 0 Å². The summed E-state index contributed by atoms with van der Waals surface area (Å²) in [5.41, 5.74) is 0.440. The predicted octanol–water partition coefficient (Wildman–Crippen LogP) is 2.72. The first-order valence-corrected chi connectivity index (χ1v) is 7.80. The largest absolute Gasteiger partial charge is 0.493 e. The molecule has 27 heavy (non-hydrogen) atoms. The normalized spacial score (nSPS) is 10.0. The second-order valence-corrected chi connectivity index (χ2v) is 5.40. The molecular weight excluding hydrogens is 356 g/mol. The van der Waals surface area contributed by atoms with Crippen LogP contribution >= 0.6 is 0 Å². The fourth-order valence-corrected chi connectivity index (χ4v) is 2.36. The first-order chi connectivity index (χ1) is 12.9. The molecule has 2 aromatic rings. The van der Waals surface area contributed by atoms with E-state index in [0.717, 1.165) is 0 Å². The van der Waals surface area contributed by atoms with Crippen LogP contribution in [0, 0.1) is 17.0 Å². The van der Waals surface area contributed by atoms with Crippen molar-refractivity contribution in [3.05, 3.63) is 57.6 Å². The zero-order chi connectivity index (χ0) is 20.0. The highest BCUT2D eigenvalue weighted by molar-refractivity contribution is 5.96. The average molecular weight is 374 g/mol. The predicted molar refractivity (Wildman–Crippen MR) is 96.3 cm³/mol. The first-order valence-electron chi connectivity index (χ1n) is 7.80. The van der Waals surface area contributed by atoms with Gasteiger partial charge in [0.05, 0.1) is 24.7 Å². The molecule has 0 bridgehead atoms. The number of hydrogen-bond acceptors (Lipinski definition) is 7. The number of carbonyl (C=O) groups is 2. The Morgan fingerprint density at radius 2 is 1.81 bits per heavy atom. The van der Waals surface area contributed by atoms with E-state index < -0.39 is 23.4 Å². The lowest BCUT2D eigenvalue weighted by Gasteiger charge is -2.11. The van der Waals surface area contributed by atoms with E-state index in [-0.39, 0.29) is 16.8 Å². The smallest absolute Gasteiger partial charge is 0.339 e. The van der Waals surface area contributed by atoms with Crippen LogP contribution in [0.5, 0.6) is 11.5 Å². The number of esters is 1. The Hall–Kier alpha value is -3.62. The molecule has 2 rings (SSSR count). The number of carbonyl (C=O) groups excluding carboxylic acids is 2. The topological polar surface area (TPSA) is 117 Å². The van der Waals surface area contributed by atoms with Crippen LogP contribution < -0.4 is 14.8 Å². The van der Waals surface area contributed by atoms with Crippen molar-refractivity contribution in [3.8, 4) is 11.5 Å². The summed E-state index contributed by atoms with van der Waals surface area (Å²) in [5, 5.41) is 13.5. The van der Waals surface area contributed by atoms with Gasteiger partial charge in [0.15, 0.2) is 18.1 Å². The summed E-state index contributed by atoms with van der Waals surface area (Å²) in [6.45, 7) is 0.897. The Morgan fingerprint density at radius 1 is 1.11 bits per heavy atom. The fourth-order valence-electron chi connectivity index (χ4n) is 2.36. The van der Waals surface area contributed by atoms with Gasteiger partial charge in [0.2, 0.25) is 0 Å². The molecule has 1 amide bonds. The monoisotopic (exact) mass is 374 g/mol. The number of benzene rings is 2. The van der Waals surface area contributed by atoms with Crippen molar-refractivity contribution in [2.45, 2.75) is 6.92 Å². The third-order valence-corrected chi connectivity index (χ3v) is 3.72. The first kappa shape index (κ1) is 19.7. The number of nitrogens with one attached hydrogen (secondary N) is 1. The van der Waals surface area contributed by atoms with Crippen molar-refractivity contribution >= 4 is 23.3 Å². The molecule has 0 fully saturated rings. The van der Waals surface area contributed by atoms with E-state index in [2.05, 4.69) is 5.32 Å². The number of nitro benzene ring substituents is 1. The van der Waals surface area contributed by atoms with Gasteiger partial charge in [-0.05, 0) is 25.1 Å². The summed E-state index contributed by atoms with van der Waals surface area (Å²) in [5.74, 6) is -0.458. The molecule has 0 saturated heterocycles. The van der Waals surface area contributed by atoms with Crippen molar-refractivity contribution in [1.82, 2.24) is 0 Å². The van der Waals surface area contributed by atoms with Crippen LogP contribution in [-0.2, 0) is 9.53 Å². The molecular formula is C18H18N2O7.